The molecule has 0 saturated carbocycles. The molecular formula is C37H28O12. The van der Waals surface area contributed by atoms with Crippen LogP contribution >= 0.6 is 0 Å². The summed E-state index contributed by atoms with van der Waals surface area (Å²) in [5, 5.41) is 74.2. The first kappa shape index (κ1) is 30.1. The molecule has 2 bridgehead atoms. The zero-order chi connectivity index (χ0) is 34.2. The molecule has 5 aromatic rings. The largest absolute Gasteiger partial charge is 0.508 e. The lowest BCUT2D eigenvalue weighted by atomic mass is 9.74. The first-order valence-electron chi connectivity index (χ1n) is 15.3. The van der Waals surface area contributed by atoms with Crippen LogP contribution in [-0.4, -0.2) is 53.9 Å². The van der Waals surface area contributed by atoms with Crippen LogP contribution < -0.4 is 14.2 Å². The summed E-state index contributed by atoms with van der Waals surface area (Å²) < 4.78 is 25.8. The molecule has 12 heteroatoms. The van der Waals surface area contributed by atoms with Gasteiger partial charge in [0.25, 0.3) is 0 Å². The topological polar surface area (TPSA) is 196 Å². The zero-order valence-corrected chi connectivity index (χ0v) is 25.3. The molecule has 7 N–H and O–H groups in total. The molecule has 3 aliphatic rings. The van der Waals surface area contributed by atoms with E-state index in [0.29, 0.717) is 5.56 Å². The van der Waals surface area contributed by atoms with Crippen LogP contribution in [0.4, 0.5) is 0 Å². The predicted octanol–water partition coefficient (Wildman–Crippen LogP) is 4.95. The Bertz CT molecular complexity index is 2110. The number of benzene rings is 5. The molecule has 0 spiro atoms. The molecule has 8 rings (SSSR count). The maximum Gasteiger partial charge on any atom is 0.338 e. The summed E-state index contributed by atoms with van der Waals surface area (Å²) >= 11 is 0. The standard InChI is InChI=1S/C37H28O12/c38-20-7-1-17(2-8-20)33-27(44)15-24-25(42)16-29-31(34(24)46-33)32-30-26(43)13-23(41)14-28(30)48-37(49-29,19-5-11-22(40)12-6-19)35(32)47-36(45)18-3-9-21(39)10-4-18/h1-14,16,27,32-33,35,38-44H,15H2. The smallest absolute Gasteiger partial charge is 0.338 e. The minimum absolute atomic E-state index is 0.00842. The summed E-state index contributed by atoms with van der Waals surface area (Å²) in [6.07, 6.45) is -3.56. The number of esters is 1. The number of carbonyl (C=O) groups is 1. The molecule has 12 nitrogen and oxygen atoms in total. The van der Waals surface area contributed by atoms with Gasteiger partial charge in [-0.1, -0.05) is 12.1 Å². The molecule has 49 heavy (non-hydrogen) atoms. The Kier molecular flexibility index (Phi) is 6.69. The van der Waals surface area contributed by atoms with E-state index in [1.165, 1.54) is 72.8 Å². The van der Waals surface area contributed by atoms with Crippen molar-refractivity contribution in [3.8, 4) is 51.7 Å². The fourth-order valence-electron chi connectivity index (χ4n) is 6.89. The van der Waals surface area contributed by atoms with E-state index in [1.807, 2.05) is 0 Å². The molecule has 248 valence electrons. The number of fused-ring (bicyclic) bond motifs is 8. The van der Waals surface area contributed by atoms with E-state index in [2.05, 4.69) is 0 Å². The monoisotopic (exact) mass is 664 g/mol. The Hall–Kier alpha value is -6.27. The molecule has 0 aromatic heterocycles. The van der Waals surface area contributed by atoms with Crippen LogP contribution in [0.25, 0.3) is 0 Å². The highest BCUT2D eigenvalue weighted by Crippen LogP contribution is 2.63. The van der Waals surface area contributed by atoms with Crippen LogP contribution in [-0.2, 0) is 16.9 Å². The van der Waals surface area contributed by atoms with Crippen molar-refractivity contribution in [3.63, 3.8) is 0 Å². The molecule has 3 heterocycles. The minimum atomic E-state index is -2.02. The Morgan fingerprint density at radius 3 is 1.94 bits per heavy atom. The van der Waals surface area contributed by atoms with Crippen molar-refractivity contribution in [2.75, 3.05) is 0 Å². The fourth-order valence-corrected chi connectivity index (χ4v) is 6.89. The van der Waals surface area contributed by atoms with Gasteiger partial charge in [0.1, 0.15) is 57.8 Å². The molecule has 0 saturated heterocycles. The number of phenols is 6. The van der Waals surface area contributed by atoms with Gasteiger partial charge in [0, 0.05) is 46.9 Å². The number of carbonyl (C=O) groups excluding carboxylic acids is 1. The Balaban J connectivity index is 1.38. The minimum Gasteiger partial charge on any atom is -0.508 e. The summed E-state index contributed by atoms with van der Waals surface area (Å²) in [4.78, 5) is 13.8. The number of ether oxygens (including phenoxy) is 4. The predicted molar refractivity (Wildman–Crippen MR) is 169 cm³/mol. The van der Waals surface area contributed by atoms with E-state index in [1.54, 1.807) is 12.1 Å². The molecule has 0 amide bonds. The second-order valence-corrected chi connectivity index (χ2v) is 12.2. The van der Waals surface area contributed by atoms with Crippen molar-refractivity contribution in [2.24, 2.45) is 0 Å². The van der Waals surface area contributed by atoms with Gasteiger partial charge in [-0.2, -0.15) is 0 Å². The Labute approximate surface area is 277 Å². The van der Waals surface area contributed by atoms with Gasteiger partial charge in [0.15, 0.2) is 6.10 Å². The number of hydrogen-bond acceptors (Lipinski definition) is 12. The molecule has 5 atom stereocenters. The van der Waals surface area contributed by atoms with Crippen LogP contribution in [0, 0.1) is 0 Å². The summed E-state index contributed by atoms with van der Waals surface area (Å²) in [5.41, 5.74) is 1.48. The fraction of sp³-hybridized carbons (Fsp3) is 0.162. The van der Waals surface area contributed by atoms with Crippen molar-refractivity contribution in [1.82, 2.24) is 0 Å². The second kappa shape index (κ2) is 10.9. The van der Waals surface area contributed by atoms with Crippen LogP contribution in [0.3, 0.4) is 0 Å². The summed E-state index contributed by atoms with van der Waals surface area (Å²) in [5.74, 6) is -4.95. The highest BCUT2D eigenvalue weighted by Gasteiger charge is 2.62. The quantitative estimate of drug-likeness (QED) is 0.128. The average Bonchev–Trinajstić information content (AvgIpc) is 3.06. The third-order valence-corrected chi connectivity index (χ3v) is 9.12. The van der Waals surface area contributed by atoms with Gasteiger partial charge in [0.2, 0.25) is 0 Å². The summed E-state index contributed by atoms with van der Waals surface area (Å²) in [6, 6.07) is 21.0. The van der Waals surface area contributed by atoms with E-state index < -0.39 is 41.7 Å². The van der Waals surface area contributed by atoms with Gasteiger partial charge in [-0.25, -0.2) is 4.79 Å². The van der Waals surface area contributed by atoms with Crippen LogP contribution in [0.1, 0.15) is 50.2 Å². The maximum absolute atomic E-state index is 13.8. The van der Waals surface area contributed by atoms with Crippen molar-refractivity contribution >= 4 is 5.97 Å². The van der Waals surface area contributed by atoms with Gasteiger partial charge in [-0.05, 0) is 66.2 Å². The van der Waals surface area contributed by atoms with Crippen LogP contribution in [0.15, 0.2) is 91.0 Å². The highest BCUT2D eigenvalue weighted by atomic mass is 16.7. The number of aliphatic hydroxyl groups is 1. The lowest BCUT2D eigenvalue weighted by Gasteiger charge is -2.51. The summed E-state index contributed by atoms with van der Waals surface area (Å²) in [6.45, 7) is 0. The van der Waals surface area contributed by atoms with E-state index >= 15 is 0 Å². The van der Waals surface area contributed by atoms with Crippen LogP contribution in [0.2, 0.25) is 0 Å². The second-order valence-electron chi connectivity index (χ2n) is 12.2. The van der Waals surface area contributed by atoms with Crippen molar-refractivity contribution in [1.29, 1.82) is 0 Å². The highest BCUT2D eigenvalue weighted by molar-refractivity contribution is 5.90. The number of aromatic hydroxyl groups is 6. The maximum atomic E-state index is 13.8. The lowest BCUT2D eigenvalue weighted by molar-refractivity contribution is -0.219. The normalized spacial score (nSPS) is 23.0. The van der Waals surface area contributed by atoms with Gasteiger partial charge in [-0.15, -0.1) is 0 Å². The molecule has 0 fully saturated rings. The third kappa shape index (κ3) is 4.75. The number of rotatable bonds is 4. The lowest BCUT2D eigenvalue weighted by Crippen LogP contribution is -2.59. The average molecular weight is 665 g/mol. The Morgan fingerprint density at radius 1 is 0.694 bits per heavy atom. The van der Waals surface area contributed by atoms with E-state index in [0.717, 1.165) is 6.07 Å². The van der Waals surface area contributed by atoms with Gasteiger partial charge in [-0.3, -0.25) is 0 Å². The van der Waals surface area contributed by atoms with E-state index in [9.17, 15) is 40.5 Å². The van der Waals surface area contributed by atoms with Crippen molar-refractivity contribution < 1.29 is 59.5 Å². The molecule has 5 aromatic carbocycles. The van der Waals surface area contributed by atoms with E-state index in [4.69, 9.17) is 18.9 Å². The van der Waals surface area contributed by atoms with Gasteiger partial charge in [0.05, 0.1) is 17.6 Å². The zero-order valence-electron chi connectivity index (χ0n) is 25.3. The molecule has 5 unspecified atom stereocenters. The van der Waals surface area contributed by atoms with Crippen molar-refractivity contribution in [2.45, 2.75) is 36.4 Å². The molecule has 3 aliphatic heterocycles. The van der Waals surface area contributed by atoms with E-state index in [-0.39, 0.29) is 80.2 Å². The number of hydrogen-bond donors (Lipinski definition) is 7. The first-order valence-corrected chi connectivity index (χ1v) is 15.3. The number of phenolic OH excluding ortho intramolecular Hbond substituents is 6. The third-order valence-electron chi connectivity index (χ3n) is 9.12. The van der Waals surface area contributed by atoms with Crippen molar-refractivity contribution in [3.05, 3.63) is 124 Å². The molecule has 0 radical (unpaired) electrons. The Morgan fingerprint density at radius 2 is 1.29 bits per heavy atom. The first-order chi connectivity index (χ1) is 23.5. The van der Waals surface area contributed by atoms with Gasteiger partial charge < -0.3 is 54.7 Å². The summed E-state index contributed by atoms with van der Waals surface area (Å²) in [7, 11) is 0. The van der Waals surface area contributed by atoms with Crippen LogP contribution in [0.5, 0.6) is 51.7 Å². The molecular weight excluding hydrogens is 636 g/mol. The SMILES string of the molecule is O=C(OC1C2c3c(O)cc(O)cc3OC1(c1ccc(O)cc1)Oc1cc(O)c3c(c12)OC(c1ccc(O)cc1)C(O)C3)c1ccc(O)cc1. The number of aliphatic hydroxyl groups excluding tert-OH is 1. The molecule has 0 aliphatic carbocycles. The van der Waals surface area contributed by atoms with Gasteiger partial charge >= 0.3 is 11.8 Å².